The number of nitrogens with one attached hydrogen (secondary N) is 1. The molecule has 5 nitrogen and oxygen atoms in total. The van der Waals surface area contributed by atoms with E-state index in [2.05, 4.69) is 5.32 Å². The summed E-state index contributed by atoms with van der Waals surface area (Å²) in [5, 5.41) is 2.61. The van der Waals surface area contributed by atoms with Crippen molar-refractivity contribution < 1.29 is 27.8 Å². The number of benzene rings is 2. The zero-order valence-corrected chi connectivity index (χ0v) is 13.7. The molecule has 2 aromatic rings. The summed E-state index contributed by atoms with van der Waals surface area (Å²) in [7, 11) is 1.55. The molecule has 0 saturated carbocycles. The molecule has 0 saturated heterocycles. The zero-order chi connectivity index (χ0) is 18.4. The smallest absolute Gasteiger partial charge is 0.339 e. The minimum atomic E-state index is -1.11. The van der Waals surface area contributed by atoms with Crippen molar-refractivity contribution in [2.45, 2.75) is 19.6 Å². The number of methoxy groups -OCH3 is 1. The lowest BCUT2D eigenvalue weighted by molar-refractivity contribution is -0.129. The van der Waals surface area contributed by atoms with E-state index < -0.39 is 29.6 Å². The van der Waals surface area contributed by atoms with Crippen molar-refractivity contribution in [2.24, 2.45) is 0 Å². The Morgan fingerprint density at radius 1 is 1.08 bits per heavy atom. The average Bonchev–Trinajstić information content (AvgIpc) is 2.59. The first-order chi connectivity index (χ1) is 11.9. The highest BCUT2D eigenvalue weighted by molar-refractivity contribution is 5.92. The molecule has 7 heteroatoms. The van der Waals surface area contributed by atoms with E-state index in [4.69, 9.17) is 9.47 Å². The lowest BCUT2D eigenvalue weighted by atomic mass is 10.2. The van der Waals surface area contributed by atoms with Gasteiger partial charge < -0.3 is 14.8 Å². The minimum absolute atomic E-state index is 0.235. The normalized spacial score (nSPS) is 11.5. The van der Waals surface area contributed by atoms with E-state index in [1.807, 2.05) is 0 Å². The summed E-state index contributed by atoms with van der Waals surface area (Å²) in [6.45, 7) is 1.61. The number of hydrogen-bond acceptors (Lipinski definition) is 4. The van der Waals surface area contributed by atoms with Crippen LogP contribution in [0.25, 0.3) is 0 Å². The molecule has 0 heterocycles. The highest BCUT2D eigenvalue weighted by atomic mass is 19.1. The van der Waals surface area contributed by atoms with Crippen molar-refractivity contribution in [3.63, 3.8) is 0 Å². The Morgan fingerprint density at radius 3 is 2.24 bits per heavy atom. The third-order valence-corrected chi connectivity index (χ3v) is 3.38. The van der Waals surface area contributed by atoms with Gasteiger partial charge in [-0.1, -0.05) is 12.1 Å². The van der Waals surface area contributed by atoms with Crippen LogP contribution in [0.2, 0.25) is 0 Å². The summed E-state index contributed by atoms with van der Waals surface area (Å²) in [6, 6.07) is 9.39. The molecular weight excluding hydrogens is 332 g/mol. The number of rotatable bonds is 6. The summed E-state index contributed by atoms with van der Waals surface area (Å²) >= 11 is 0. The Kier molecular flexibility index (Phi) is 6.05. The first-order valence-electron chi connectivity index (χ1n) is 7.46. The van der Waals surface area contributed by atoms with Gasteiger partial charge in [0.15, 0.2) is 6.10 Å². The van der Waals surface area contributed by atoms with Crippen LogP contribution in [0.4, 0.5) is 8.78 Å². The number of halogens is 2. The van der Waals surface area contributed by atoms with E-state index in [0.29, 0.717) is 11.8 Å². The molecule has 1 amide bonds. The first-order valence-corrected chi connectivity index (χ1v) is 7.46. The van der Waals surface area contributed by atoms with Gasteiger partial charge in [-0.05, 0) is 36.8 Å². The van der Waals surface area contributed by atoms with Crippen LogP contribution in [0.15, 0.2) is 42.5 Å². The standard InChI is InChI=1S/C18H17F2NO4/c1-11(25-18(23)13-7-14(19)9-15(20)8-13)17(22)21-10-12-3-5-16(24-2)6-4-12/h3-9,11H,10H2,1-2H3,(H,21,22)/t11-/m1/s1. The van der Waals surface area contributed by atoms with Crippen molar-refractivity contribution in [2.75, 3.05) is 7.11 Å². The van der Waals surface area contributed by atoms with E-state index in [9.17, 15) is 18.4 Å². The predicted octanol–water partition coefficient (Wildman–Crippen LogP) is 2.84. The van der Waals surface area contributed by atoms with Gasteiger partial charge >= 0.3 is 5.97 Å². The third kappa shape index (κ3) is 5.27. The van der Waals surface area contributed by atoms with E-state index in [1.165, 1.54) is 6.92 Å². The third-order valence-electron chi connectivity index (χ3n) is 3.38. The molecule has 132 valence electrons. The molecule has 1 N–H and O–H groups in total. The van der Waals surface area contributed by atoms with Crippen LogP contribution in [0.5, 0.6) is 5.75 Å². The lowest BCUT2D eigenvalue weighted by Crippen LogP contribution is -2.35. The van der Waals surface area contributed by atoms with E-state index >= 15 is 0 Å². The van der Waals surface area contributed by atoms with Gasteiger partial charge in [-0.15, -0.1) is 0 Å². The highest BCUT2D eigenvalue weighted by Gasteiger charge is 2.19. The molecule has 2 rings (SSSR count). The van der Waals surface area contributed by atoms with Crippen LogP contribution >= 0.6 is 0 Å². The number of amides is 1. The first kappa shape index (κ1) is 18.4. The maximum Gasteiger partial charge on any atom is 0.339 e. The zero-order valence-electron chi connectivity index (χ0n) is 13.7. The maximum absolute atomic E-state index is 13.1. The Balaban J connectivity index is 1.89. The van der Waals surface area contributed by atoms with Gasteiger partial charge in [-0.3, -0.25) is 4.79 Å². The molecule has 0 bridgehead atoms. The van der Waals surface area contributed by atoms with Gasteiger partial charge in [0.2, 0.25) is 0 Å². The minimum Gasteiger partial charge on any atom is -0.497 e. The Bertz CT molecular complexity index is 742. The van der Waals surface area contributed by atoms with Crippen LogP contribution < -0.4 is 10.1 Å². The molecule has 0 aliphatic heterocycles. The average molecular weight is 349 g/mol. The van der Waals surface area contributed by atoms with Crippen LogP contribution in [0.3, 0.4) is 0 Å². The molecule has 0 unspecified atom stereocenters. The lowest BCUT2D eigenvalue weighted by Gasteiger charge is -2.14. The Hall–Kier alpha value is -2.96. The fraction of sp³-hybridized carbons (Fsp3) is 0.222. The van der Waals surface area contributed by atoms with Gasteiger partial charge in [0.25, 0.3) is 5.91 Å². The van der Waals surface area contributed by atoms with Crippen molar-refractivity contribution in [3.8, 4) is 5.75 Å². The second-order valence-corrected chi connectivity index (χ2v) is 5.27. The highest BCUT2D eigenvalue weighted by Crippen LogP contribution is 2.12. The molecule has 0 aromatic heterocycles. The molecule has 0 aliphatic rings. The molecule has 0 radical (unpaired) electrons. The van der Waals surface area contributed by atoms with Crippen LogP contribution in [0.1, 0.15) is 22.8 Å². The predicted molar refractivity (Wildman–Crippen MR) is 86.1 cm³/mol. The van der Waals surface area contributed by atoms with Crippen molar-refractivity contribution in [3.05, 3.63) is 65.2 Å². The van der Waals surface area contributed by atoms with Gasteiger partial charge in [-0.25, -0.2) is 13.6 Å². The molecule has 0 fully saturated rings. The molecule has 1 atom stereocenters. The fourth-order valence-electron chi connectivity index (χ4n) is 2.03. The summed E-state index contributed by atoms with van der Waals surface area (Å²) in [5.41, 5.74) is 0.534. The number of carbonyl (C=O) groups excluding carboxylic acids is 2. The van der Waals surface area contributed by atoms with E-state index in [0.717, 1.165) is 17.7 Å². The number of hydrogen-bond donors (Lipinski definition) is 1. The summed E-state index contributed by atoms with van der Waals surface area (Å²) in [4.78, 5) is 23.8. The quantitative estimate of drug-likeness (QED) is 0.815. The summed E-state index contributed by atoms with van der Waals surface area (Å²) in [5.74, 6) is -2.61. The summed E-state index contributed by atoms with van der Waals surface area (Å²) in [6.07, 6.45) is -1.11. The van der Waals surface area contributed by atoms with Crippen LogP contribution in [-0.2, 0) is 16.1 Å². The van der Waals surface area contributed by atoms with Gasteiger partial charge in [-0.2, -0.15) is 0 Å². The largest absolute Gasteiger partial charge is 0.497 e. The second kappa shape index (κ2) is 8.23. The van der Waals surface area contributed by atoms with Crippen molar-refractivity contribution in [1.82, 2.24) is 5.32 Å². The monoisotopic (exact) mass is 349 g/mol. The van der Waals surface area contributed by atoms with E-state index in [-0.39, 0.29) is 12.1 Å². The van der Waals surface area contributed by atoms with E-state index in [1.54, 1.807) is 31.4 Å². The van der Waals surface area contributed by atoms with Crippen molar-refractivity contribution >= 4 is 11.9 Å². The Labute approximate surface area is 143 Å². The molecule has 25 heavy (non-hydrogen) atoms. The van der Waals surface area contributed by atoms with Crippen molar-refractivity contribution in [1.29, 1.82) is 0 Å². The second-order valence-electron chi connectivity index (χ2n) is 5.27. The number of ether oxygens (including phenoxy) is 2. The van der Waals surface area contributed by atoms with Crippen LogP contribution in [-0.4, -0.2) is 25.1 Å². The fourth-order valence-corrected chi connectivity index (χ4v) is 2.03. The van der Waals surface area contributed by atoms with Crippen LogP contribution in [0, 0.1) is 11.6 Å². The van der Waals surface area contributed by atoms with Gasteiger partial charge in [0.1, 0.15) is 17.4 Å². The maximum atomic E-state index is 13.1. The molecular formula is C18H17F2NO4. The van der Waals surface area contributed by atoms with Gasteiger partial charge in [0.05, 0.1) is 12.7 Å². The molecule has 2 aromatic carbocycles. The molecule has 0 spiro atoms. The topological polar surface area (TPSA) is 64.6 Å². The number of esters is 1. The number of carbonyl (C=O) groups is 2. The Morgan fingerprint density at radius 2 is 1.68 bits per heavy atom. The molecule has 0 aliphatic carbocycles. The van der Waals surface area contributed by atoms with Gasteiger partial charge in [0, 0.05) is 12.6 Å². The summed E-state index contributed by atoms with van der Waals surface area (Å²) < 4.78 is 36.2. The SMILES string of the molecule is COc1ccc(CNC(=O)[C@@H](C)OC(=O)c2cc(F)cc(F)c2)cc1.